The highest BCUT2D eigenvalue weighted by Gasteiger charge is 2.19. The van der Waals surface area contributed by atoms with Crippen LogP contribution in [0.15, 0.2) is 45.3 Å². The van der Waals surface area contributed by atoms with Gasteiger partial charge in [0.2, 0.25) is 0 Å². The van der Waals surface area contributed by atoms with Gasteiger partial charge in [0, 0.05) is 4.47 Å². The van der Waals surface area contributed by atoms with Crippen molar-refractivity contribution in [3.8, 4) is 5.75 Å². The van der Waals surface area contributed by atoms with E-state index in [2.05, 4.69) is 42.2 Å². The van der Waals surface area contributed by atoms with Gasteiger partial charge in [0.1, 0.15) is 11.3 Å². The maximum Gasteiger partial charge on any atom is 0.283 e. The van der Waals surface area contributed by atoms with Crippen molar-refractivity contribution in [3.63, 3.8) is 0 Å². The minimum atomic E-state index is -0.446. The zero-order valence-electron chi connectivity index (χ0n) is 9.92. The molecule has 1 N–H and O–H groups in total. The molecule has 0 aliphatic carbocycles. The molecule has 0 amide bonds. The molecule has 0 unspecified atom stereocenters. The summed E-state index contributed by atoms with van der Waals surface area (Å²) in [4.78, 5) is 12.5. The third-order valence-corrected chi connectivity index (χ3v) is 3.87. The number of fused-ring (bicyclic) bond motifs is 1. The predicted molar refractivity (Wildman–Crippen MR) is 80.8 cm³/mol. The molecule has 3 rings (SSSR count). The molecule has 20 heavy (non-hydrogen) atoms. The Morgan fingerprint density at radius 2 is 1.95 bits per heavy atom. The first-order valence-corrected chi connectivity index (χ1v) is 7.19. The SMILES string of the molecule is O=C(c1cc(Br)cc(Br)c1O)n1nnc2ccccc21. The third-order valence-electron chi connectivity index (χ3n) is 2.80. The van der Waals surface area contributed by atoms with E-state index in [0.717, 1.165) is 0 Å². The molecule has 0 saturated heterocycles. The number of carbonyl (C=O) groups is 1. The Morgan fingerprint density at radius 1 is 1.20 bits per heavy atom. The van der Waals surface area contributed by atoms with Gasteiger partial charge in [-0.3, -0.25) is 4.79 Å². The fraction of sp³-hybridized carbons (Fsp3) is 0. The van der Waals surface area contributed by atoms with Gasteiger partial charge in [-0.05, 0) is 40.2 Å². The van der Waals surface area contributed by atoms with E-state index in [1.54, 1.807) is 30.3 Å². The van der Waals surface area contributed by atoms with Gasteiger partial charge in [-0.2, -0.15) is 4.68 Å². The highest BCUT2D eigenvalue weighted by atomic mass is 79.9. The second-order valence-electron chi connectivity index (χ2n) is 4.08. The Morgan fingerprint density at radius 3 is 2.75 bits per heavy atom. The fourth-order valence-electron chi connectivity index (χ4n) is 1.86. The Balaban J connectivity index is 2.18. The first kappa shape index (κ1) is 13.3. The Hall–Kier alpha value is -1.73. The van der Waals surface area contributed by atoms with E-state index in [4.69, 9.17) is 0 Å². The van der Waals surface area contributed by atoms with Gasteiger partial charge in [-0.25, -0.2) is 0 Å². The summed E-state index contributed by atoms with van der Waals surface area (Å²) in [5.41, 5.74) is 1.35. The van der Waals surface area contributed by atoms with E-state index >= 15 is 0 Å². The van der Waals surface area contributed by atoms with Gasteiger partial charge in [0.05, 0.1) is 15.6 Å². The van der Waals surface area contributed by atoms with E-state index in [-0.39, 0.29) is 11.3 Å². The second kappa shape index (κ2) is 4.99. The Bertz CT molecular complexity index is 830. The summed E-state index contributed by atoms with van der Waals surface area (Å²) >= 11 is 6.49. The zero-order valence-corrected chi connectivity index (χ0v) is 13.1. The lowest BCUT2D eigenvalue weighted by molar-refractivity contribution is 0.0945. The monoisotopic (exact) mass is 395 g/mol. The number of carbonyl (C=O) groups excluding carboxylic acids is 1. The molecule has 100 valence electrons. The Labute approximate surface area is 130 Å². The molecule has 0 bridgehead atoms. The summed E-state index contributed by atoms with van der Waals surface area (Å²) in [7, 11) is 0. The van der Waals surface area contributed by atoms with Gasteiger partial charge < -0.3 is 5.11 Å². The molecule has 1 aromatic heterocycles. The topological polar surface area (TPSA) is 68.0 Å². The molecule has 3 aromatic rings. The van der Waals surface area contributed by atoms with Crippen LogP contribution in [0.5, 0.6) is 5.75 Å². The summed E-state index contributed by atoms with van der Waals surface area (Å²) in [6.07, 6.45) is 0. The van der Waals surface area contributed by atoms with Crippen molar-refractivity contribution in [1.29, 1.82) is 0 Å². The maximum atomic E-state index is 12.5. The molecular weight excluding hydrogens is 390 g/mol. The third kappa shape index (κ3) is 2.12. The van der Waals surface area contributed by atoms with Crippen LogP contribution in [0.2, 0.25) is 0 Å². The van der Waals surface area contributed by atoms with Crippen LogP contribution in [-0.4, -0.2) is 26.0 Å². The van der Waals surface area contributed by atoms with Crippen molar-refractivity contribution in [2.45, 2.75) is 0 Å². The minimum Gasteiger partial charge on any atom is -0.506 e. The number of hydrogen-bond donors (Lipinski definition) is 1. The molecule has 7 heteroatoms. The highest BCUT2D eigenvalue weighted by molar-refractivity contribution is 9.11. The summed E-state index contributed by atoms with van der Waals surface area (Å²) in [6, 6.07) is 10.3. The van der Waals surface area contributed by atoms with Crippen molar-refractivity contribution >= 4 is 48.8 Å². The number of rotatable bonds is 1. The average molecular weight is 397 g/mol. The molecule has 2 aromatic carbocycles. The lowest BCUT2D eigenvalue weighted by Crippen LogP contribution is -2.14. The second-order valence-corrected chi connectivity index (χ2v) is 5.85. The van der Waals surface area contributed by atoms with Gasteiger partial charge in [-0.15, -0.1) is 5.10 Å². The summed E-state index contributed by atoms with van der Waals surface area (Å²) in [5, 5.41) is 17.8. The molecule has 0 aliphatic heterocycles. The summed E-state index contributed by atoms with van der Waals surface area (Å²) in [6.45, 7) is 0. The number of phenolic OH excluding ortho intramolecular Hbond substituents is 1. The Kier molecular flexibility index (Phi) is 3.31. The standard InChI is InChI=1S/C13H7Br2N3O2/c14-7-5-8(12(19)9(15)6-7)13(20)18-11-4-2-1-3-10(11)16-17-18/h1-6,19H. The van der Waals surface area contributed by atoms with Crippen molar-refractivity contribution in [2.24, 2.45) is 0 Å². The van der Waals surface area contributed by atoms with Crippen LogP contribution in [-0.2, 0) is 0 Å². The summed E-state index contributed by atoms with van der Waals surface area (Å²) in [5.74, 6) is -0.573. The zero-order chi connectivity index (χ0) is 14.3. The quantitative estimate of drug-likeness (QED) is 0.684. The number of benzene rings is 2. The molecule has 0 saturated carbocycles. The molecule has 0 aliphatic rings. The van der Waals surface area contributed by atoms with Crippen molar-refractivity contribution in [2.75, 3.05) is 0 Å². The number of aromatic hydroxyl groups is 1. The fourth-order valence-corrected chi connectivity index (χ4v) is 3.09. The molecule has 0 spiro atoms. The first-order chi connectivity index (χ1) is 9.58. The van der Waals surface area contributed by atoms with Crippen molar-refractivity contribution in [1.82, 2.24) is 15.0 Å². The van der Waals surface area contributed by atoms with Crippen LogP contribution in [0.4, 0.5) is 0 Å². The van der Waals surface area contributed by atoms with Crippen LogP contribution < -0.4 is 0 Å². The normalized spacial score (nSPS) is 10.9. The molecule has 0 radical (unpaired) electrons. The average Bonchev–Trinajstić information content (AvgIpc) is 2.86. The smallest absolute Gasteiger partial charge is 0.283 e. The van der Waals surface area contributed by atoms with Gasteiger partial charge in [0.15, 0.2) is 0 Å². The number of phenols is 1. The first-order valence-electron chi connectivity index (χ1n) is 5.61. The molecule has 0 fully saturated rings. The van der Waals surface area contributed by atoms with Crippen molar-refractivity contribution < 1.29 is 9.90 Å². The largest absolute Gasteiger partial charge is 0.506 e. The number of aromatic nitrogens is 3. The number of nitrogens with zero attached hydrogens (tertiary/aromatic N) is 3. The summed E-state index contributed by atoms with van der Waals surface area (Å²) < 4.78 is 2.28. The van der Waals surface area contributed by atoms with Gasteiger partial charge >= 0.3 is 0 Å². The van der Waals surface area contributed by atoms with E-state index in [1.165, 1.54) is 4.68 Å². The van der Waals surface area contributed by atoms with E-state index < -0.39 is 5.91 Å². The lowest BCUT2D eigenvalue weighted by Gasteiger charge is -2.06. The van der Waals surface area contributed by atoms with Gasteiger partial charge in [0.25, 0.3) is 5.91 Å². The van der Waals surface area contributed by atoms with Gasteiger partial charge in [-0.1, -0.05) is 33.3 Å². The van der Waals surface area contributed by atoms with Crippen LogP contribution >= 0.6 is 31.9 Å². The van der Waals surface area contributed by atoms with Crippen LogP contribution in [0.25, 0.3) is 11.0 Å². The van der Waals surface area contributed by atoms with Crippen molar-refractivity contribution in [3.05, 3.63) is 50.9 Å². The minimum absolute atomic E-state index is 0.127. The van der Waals surface area contributed by atoms with E-state index in [1.807, 2.05) is 6.07 Å². The number of hydrogen-bond acceptors (Lipinski definition) is 4. The maximum absolute atomic E-state index is 12.5. The van der Waals surface area contributed by atoms with Crippen LogP contribution in [0, 0.1) is 0 Å². The lowest BCUT2D eigenvalue weighted by atomic mass is 10.2. The predicted octanol–water partition coefficient (Wildman–Crippen LogP) is 3.35. The highest BCUT2D eigenvalue weighted by Crippen LogP contribution is 2.32. The molecule has 0 atom stereocenters. The van der Waals surface area contributed by atoms with E-state index in [0.29, 0.717) is 20.0 Å². The van der Waals surface area contributed by atoms with E-state index in [9.17, 15) is 9.90 Å². The van der Waals surface area contributed by atoms with Crippen LogP contribution in [0.3, 0.4) is 0 Å². The molecule has 1 heterocycles. The molecular formula is C13H7Br2N3O2. The number of para-hydroxylation sites is 1. The number of halogens is 2. The molecule has 5 nitrogen and oxygen atoms in total. The van der Waals surface area contributed by atoms with Crippen LogP contribution in [0.1, 0.15) is 10.4 Å².